The van der Waals surface area contributed by atoms with Gasteiger partial charge >= 0.3 is 0 Å². The van der Waals surface area contributed by atoms with Gasteiger partial charge in [0.15, 0.2) is 0 Å². The molecule has 2 N–H and O–H groups in total. The van der Waals surface area contributed by atoms with Gasteiger partial charge in [0, 0.05) is 24.4 Å². The number of aromatic nitrogens is 1. The van der Waals surface area contributed by atoms with Crippen molar-refractivity contribution in [3.05, 3.63) is 42.1 Å². The van der Waals surface area contributed by atoms with Crippen LogP contribution in [-0.2, 0) is 11.2 Å². The standard InChI is InChI=1S/C18H24N2O/c1-18(2,10-11-19)9-7-15(21)13-14-8-12-20-17-6-4-3-5-16(14)17/h3-6,8,12H,7,9-11,13,19H2,1-2H3. The van der Waals surface area contributed by atoms with E-state index in [9.17, 15) is 4.79 Å². The molecule has 112 valence electrons. The number of nitrogens with two attached hydrogens (primary N) is 1. The van der Waals surface area contributed by atoms with E-state index in [0.717, 1.165) is 29.3 Å². The highest BCUT2D eigenvalue weighted by molar-refractivity contribution is 5.88. The Balaban J connectivity index is 2.02. The maximum Gasteiger partial charge on any atom is 0.137 e. The van der Waals surface area contributed by atoms with Gasteiger partial charge in [-0.05, 0) is 42.5 Å². The molecule has 0 aliphatic heterocycles. The molecular weight excluding hydrogens is 260 g/mol. The normalized spacial score (nSPS) is 11.8. The number of Topliss-reactive ketones (excluding diaryl/α,β-unsaturated/α-hetero) is 1. The minimum Gasteiger partial charge on any atom is -0.330 e. The summed E-state index contributed by atoms with van der Waals surface area (Å²) in [5.74, 6) is 0.288. The summed E-state index contributed by atoms with van der Waals surface area (Å²) in [5, 5.41) is 1.08. The van der Waals surface area contributed by atoms with E-state index in [2.05, 4.69) is 18.8 Å². The number of fused-ring (bicyclic) bond motifs is 1. The molecule has 1 aromatic carbocycles. The molecule has 0 saturated heterocycles. The molecule has 0 bridgehead atoms. The van der Waals surface area contributed by atoms with Crippen LogP contribution in [0.25, 0.3) is 10.9 Å². The first-order valence-corrected chi connectivity index (χ1v) is 7.56. The van der Waals surface area contributed by atoms with Crippen molar-refractivity contribution >= 4 is 16.7 Å². The zero-order chi connectivity index (χ0) is 15.3. The van der Waals surface area contributed by atoms with Gasteiger partial charge in [-0.2, -0.15) is 0 Å². The van der Waals surface area contributed by atoms with Crippen LogP contribution in [-0.4, -0.2) is 17.3 Å². The Bertz CT molecular complexity index is 614. The van der Waals surface area contributed by atoms with Gasteiger partial charge in [0.2, 0.25) is 0 Å². The van der Waals surface area contributed by atoms with Gasteiger partial charge in [0.25, 0.3) is 0 Å². The van der Waals surface area contributed by atoms with Crippen LogP contribution in [0.4, 0.5) is 0 Å². The van der Waals surface area contributed by atoms with Crippen molar-refractivity contribution in [3.63, 3.8) is 0 Å². The second-order valence-corrected chi connectivity index (χ2v) is 6.41. The molecule has 2 rings (SSSR count). The maximum absolute atomic E-state index is 12.3. The minimum absolute atomic E-state index is 0.144. The summed E-state index contributed by atoms with van der Waals surface area (Å²) < 4.78 is 0. The monoisotopic (exact) mass is 284 g/mol. The smallest absolute Gasteiger partial charge is 0.137 e. The fourth-order valence-electron chi connectivity index (χ4n) is 2.60. The lowest BCUT2D eigenvalue weighted by molar-refractivity contribution is -0.119. The van der Waals surface area contributed by atoms with Crippen LogP contribution in [0.2, 0.25) is 0 Å². The molecular formula is C18H24N2O. The largest absolute Gasteiger partial charge is 0.330 e. The summed E-state index contributed by atoms with van der Waals surface area (Å²) in [6, 6.07) is 9.92. The van der Waals surface area contributed by atoms with Gasteiger partial charge in [0.05, 0.1) is 5.52 Å². The molecule has 0 radical (unpaired) electrons. The molecule has 3 heteroatoms. The predicted octanol–water partition coefficient (Wildman–Crippen LogP) is 3.50. The first kappa shape index (κ1) is 15.6. The first-order valence-electron chi connectivity index (χ1n) is 7.56. The van der Waals surface area contributed by atoms with Gasteiger partial charge in [0.1, 0.15) is 5.78 Å². The predicted molar refractivity (Wildman–Crippen MR) is 87.1 cm³/mol. The zero-order valence-electron chi connectivity index (χ0n) is 12.9. The average Bonchev–Trinajstić information content (AvgIpc) is 2.46. The number of carbonyl (C=O) groups excluding carboxylic acids is 1. The van der Waals surface area contributed by atoms with E-state index in [1.54, 1.807) is 6.20 Å². The fourth-order valence-corrected chi connectivity index (χ4v) is 2.60. The fraction of sp³-hybridized carbons (Fsp3) is 0.444. The van der Waals surface area contributed by atoms with E-state index in [-0.39, 0.29) is 11.2 Å². The second kappa shape index (κ2) is 6.81. The van der Waals surface area contributed by atoms with Crippen LogP contribution < -0.4 is 5.73 Å². The maximum atomic E-state index is 12.3. The Kier molecular flexibility index (Phi) is 5.07. The van der Waals surface area contributed by atoms with Crippen LogP contribution in [0.15, 0.2) is 36.5 Å². The van der Waals surface area contributed by atoms with Crippen molar-refractivity contribution in [1.82, 2.24) is 4.98 Å². The summed E-state index contributed by atoms with van der Waals surface area (Å²) in [4.78, 5) is 16.6. The van der Waals surface area contributed by atoms with E-state index in [1.807, 2.05) is 30.3 Å². The van der Waals surface area contributed by atoms with Crippen molar-refractivity contribution in [2.75, 3.05) is 6.54 Å². The quantitative estimate of drug-likeness (QED) is 0.846. The van der Waals surface area contributed by atoms with Crippen molar-refractivity contribution in [3.8, 4) is 0 Å². The van der Waals surface area contributed by atoms with Gasteiger partial charge in [-0.15, -0.1) is 0 Å². The number of hydrogen-bond acceptors (Lipinski definition) is 3. The van der Waals surface area contributed by atoms with Crippen LogP contribution in [0.3, 0.4) is 0 Å². The molecule has 1 aromatic heterocycles. The Morgan fingerprint density at radius 1 is 1.19 bits per heavy atom. The molecule has 1 heterocycles. The molecule has 3 nitrogen and oxygen atoms in total. The average molecular weight is 284 g/mol. The molecule has 0 aliphatic rings. The molecule has 21 heavy (non-hydrogen) atoms. The van der Waals surface area contributed by atoms with Crippen molar-refractivity contribution in [2.45, 2.75) is 39.5 Å². The second-order valence-electron chi connectivity index (χ2n) is 6.41. The number of carbonyl (C=O) groups is 1. The van der Waals surface area contributed by atoms with Gasteiger partial charge in [-0.25, -0.2) is 0 Å². The topological polar surface area (TPSA) is 56.0 Å². The Morgan fingerprint density at radius 2 is 1.95 bits per heavy atom. The minimum atomic E-state index is 0.144. The molecule has 0 fully saturated rings. The van der Waals surface area contributed by atoms with E-state index in [1.165, 1.54) is 0 Å². The highest BCUT2D eigenvalue weighted by atomic mass is 16.1. The van der Waals surface area contributed by atoms with E-state index in [0.29, 0.717) is 19.4 Å². The molecule has 0 atom stereocenters. The zero-order valence-corrected chi connectivity index (χ0v) is 12.9. The van der Waals surface area contributed by atoms with Crippen LogP contribution >= 0.6 is 0 Å². The molecule has 0 amide bonds. The number of nitrogens with zero attached hydrogens (tertiary/aromatic N) is 1. The van der Waals surface area contributed by atoms with Gasteiger partial charge in [-0.1, -0.05) is 32.0 Å². The van der Waals surface area contributed by atoms with Crippen molar-refractivity contribution in [2.24, 2.45) is 11.1 Å². The molecule has 0 spiro atoms. The van der Waals surface area contributed by atoms with Gasteiger partial charge < -0.3 is 5.73 Å². The van der Waals surface area contributed by atoms with Crippen LogP contribution in [0.5, 0.6) is 0 Å². The van der Waals surface area contributed by atoms with Gasteiger partial charge in [-0.3, -0.25) is 9.78 Å². The molecule has 0 saturated carbocycles. The highest BCUT2D eigenvalue weighted by Gasteiger charge is 2.18. The lowest BCUT2D eigenvalue weighted by Gasteiger charge is -2.23. The molecule has 2 aromatic rings. The number of hydrogen-bond donors (Lipinski definition) is 1. The highest BCUT2D eigenvalue weighted by Crippen LogP contribution is 2.26. The third kappa shape index (κ3) is 4.36. The summed E-state index contributed by atoms with van der Waals surface area (Å²) >= 11 is 0. The number of rotatable bonds is 7. The summed E-state index contributed by atoms with van der Waals surface area (Å²) in [7, 11) is 0. The third-order valence-electron chi connectivity index (χ3n) is 4.03. The summed E-state index contributed by atoms with van der Waals surface area (Å²) in [5.41, 5.74) is 7.78. The lowest BCUT2D eigenvalue weighted by atomic mass is 9.83. The first-order chi connectivity index (χ1) is 10.0. The Labute approximate surface area is 126 Å². The van der Waals surface area contributed by atoms with Crippen LogP contribution in [0.1, 0.15) is 38.7 Å². The van der Waals surface area contributed by atoms with E-state index in [4.69, 9.17) is 5.73 Å². The Hall–Kier alpha value is -1.74. The third-order valence-corrected chi connectivity index (χ3v) is 4.03. The van der Waals surface area contributed by atoms with E-state index >= 15 is 0 Å². The van der Waals surface area contributed by atoms with E-state index < -0.39 is 0 Å². The summed E-state index contributed by atoms with van der Waals surface area (Å²) in [6.07, 6.45) is 4.74. The van der Waals surface area contributed by atoms with Crippen LogP contribution in [0, 0.1) is 5.41 Å². The molecule has 0 aliphatic carbocycles. The SMILES string of the molecule is CC(C)(CCN)CCC(=O)Cc1ccnc2ccccc12. The lowest BCUT2D eigenvalue weighted by Crippen LogP contribution is -2.18. The number of benzene rings is 1. The van der Waals surface area contributed by atoms with Crippen molar-refractivity contribution < 1.29 is 4.79 Å². The van der Waals surface area contributed by atoms with Crippen molar-refractivity contribution in [1.29, 1.82) is 0 Å². The Morgan fingerprint density at radius 3 is 2.71 bits per heavy atom. The number of ketones is 1. The number of para-hydroxylation sites is 1. The molecule has 0 unspecified atom stereocenters. The number of pyridine rings is 1. The summed E-state index contributed by atoms with van der Waals surface area (Å²) in [6.45, 7) is 5.03.